The van der Waals surface area contributed by atoms with Crippen molar-refractivity contribution in [3.63, 3.8) is 0 Å². The quantitative estimate of drug-likeness (QED) is 0.804. The van der Waals surface area contributed by atoms with Gasteiger partial charge in [0.15, 0.2) is 11.5 Å². The summed E-state index contributed by atoms with van der Waals surface area (Å²) in [4.78, 5) is 24.5. The first kappa shape index (κ1) is 17.2. The Balaban J connectivity index is 1.42. The van der Waals surface area contributed by atoms with Crippen LogP contribution in [0.4, 0.5) is 4.79 Å². The molecule has 2 aromatic carbocycles. The molecule has 7 heteroatoms. The van der Waals surface area contributed by atoms with Gasteiger partial charge in [-0.25, -0.2) is 4.79 Å². The SMILES string of the molecule is O=C(CSc1ccc2c(c1)OCCO2)NC(=O)NCc1ccccc1. The highest BCUT2D eigenvalue weighted by molar-refractivity contribution is 8.00. The van der Waals surface area contributed by atoms with Gasteiger partial charge in [-0.1, -0.05) is 30.3 Å². The van der Waals surface area contributed by atoms with E-state index in [4.69, 9.17) is 9.47 Å². The summed E-state index contributed by atoms with van der Waals surface area (Å²) in [5, 5.41) is 4.97. The fraction of sp³-hybridized carbons (Fsp3) is 0.222. The van der Waals surface area contributed by atoms with E-state index in [-0.39, 0.29) is 11.7 Å². The highest BCUT2D eigenvalue weighted by Crippen LogP contribution is 2.34. The fourth-order valence-corrected chi connectivity index (χ4v) is 2.97. The predicted molar refractivity (Wildman–Crippen MR) is 95.0 cm³/mol. The number of hydrogen-bond acceptors (Lipinski definition) is 5. The minimum Gasteiger partial charge on any atom is -0.486 e. The molecule has 0 aromatic heterocycles. The number of imide groups is 1. The highest BCUT2D eigenvalue weighted by atomic mass is 32.2. The van der Waals surface area contributed by atoms with Crippen molar-refractivity contribution < 1.29 is 19.1 Å². The summed E-state index contributed by atoms with van der Waals surface area (Å²) in [6.07, 6.45) is 0. The first-order chi connectivity index (χ1) is 12.2. The van der Waals surface area contributed by atoms with Crippen LogP contribution in [0.5, 0.6) is 11.5 Å². The van der Waals surface area contributed by atoms with Gasteiger partial charge in [0, 0.05) is 11.4 Å². The number of nitrogens with one attached hydrogen (secondary N) is 2. The maximum absolute atomic E-state index is 11.9. The highest BCUT2D eigenvalue weighted by Gasteiger charge is 2.13. The molecule has 0 radical (unpaired) electrons. The lowest BCUT2D eigenvalue weighted by atomic mass is 10.2. The summed E-state index contributed by atoms with van der Waals surface area (Å²) in [7, 11) is 0. The van der Waals surface area contributed by atoms with E-state index in [1.807, 2.05) is 48.5 Å². The van der Waals surface area contributed by atoms with Gasteiger partial charge in [0.05, 0.1) is 5.75 Å². The number of amides is 3. The predicted octanol–water partition coefficient (Wildman–Crippen LogP) is 2.58. The van der Waals surface area contributed by atoms with E-state index in [0.717, 1.165) is 10.5 Å². The average Bonchev–Trinajstić information content (AvgIpc) is 2.65. The molecule has 3 amide bonds. The number of rotatable bonds is 5. The van der Waals surface area contributed by atoms with Crippen LogP contribution in [0.2, 0.25) is 0 Å². The summed E-state index contributed by atoms with van der Waals surface area (Å²) in [5.41, 5.74) is 0.968. The van der Waals surface area contributed by atoms with Crippen molar-refractivity contribution >= 4 is 23.7 Å². The van der Waals surface area contributed by atoms with Gasteiger partial charge in [-0.15, -0.1) is 11.8 Å². The number of carbonyl (C=O) groups excluding carboxylic acids is 2. The van der Waals surface area contributed by atoms with Crippen molar-refractivity contribution in [3.05, 3.63) is 54.1 Å². The van der Waals surface area contributed by atoms with E-state index in [2.05, 4.69) is 10.6 Å². The average molecular weight is 358 g/mol. The van der Waals surface area contributed by atoms with Crippen LogP contribution in [0.3, 0.4) is 0 Å². The van der Waals surface area contributed by atoms with Gasteiger partial charge in [-0.2, -0.15) is 0 Å². The van der Waals surface area contributed by atoms with E-state index in [1.165, 1.54) is 11.8 Å². The maximum Gasteiger partial charge on any atom is 0.321 e. The molecule has 0 fully saturated rings. The van der Waals surface area contributed by atoms with Crippen LogP contribution in [-0.4, -0.2) is 30.9 Å². The summed E-state index contributed by atoms with van der Waals surface area (Å²) in [6.45, 7) is 1.43. The van der Waals surface area contributed by atoms with Crippen LogP contribution in [0, 0.1) is 0 Å². The topological polar surface area (TPSA) is 76.7 Å². The van der Waals surface area contributed by atoms with Crippen molar-refractivity contribution in [3.8, 4) is 11.5 Å². The summed E-state index contributed by atoms with van der Waals surface area (Å²) >= 11 is 1.33. The van der Waals surface area contributed by atoms with Gasteiger partial charge >= 0.3 is 6.03 Å². The third-order valence-electron chi connectivity index (χ3n) is 3.43. The molecule has 0 saturated heterocycles. The van der Waals surface area contributed by atoms with Crippen molar-refractivity contribution in [2.75, 3.05) is 19.0 Å². The minimum atomic E-state index is -0.503. The zero-order valence-corrected chi connectivity index (χ0v) is 14.3. The lowest BCUT2D eigenvalue weighted by Gasteiger charge is -2.18. The molecule has 0 atom stereocenters. The van der Waals surface area contributed by atoms with Gasteiger partial charge in [-0.05, 0) is 23.8 Å². The van der Waals surface area contributed by atoms with Crippen molar-refractivity contribution in [2.24, 2.45) is 0 Å². The third kappa shape index (κ3) is 5.15. The van der Waals surface area contributed by atoms with E-state index < -0.39 is 6.03 Å². The third-order valence-corrected chi connectivity index (χ3v) is 4.43. The number of thioether (sulfide) groups is 1. The van der Waals surface area contributed by atoms with Crippen LogP contribution in [0.25, 0.3) is 0 Å². The molecule has 0 aliphatic carbocycles. The van der Waals surface area contributed by atoms with Gasteiger partial charge in [-0.3, -0.25) is 10.1 Å². The van der Waals surface area contributed by atoms with Gasteiger partial charge in [0.2, 0.25) is 5.91 Å². The molecule has 1 heterocycles. The Hall–Kier alpha value is -2.67. The minimum absolute atomic E-state index is 0.137. The molecule has 0 spiro atoms. The fourth-order valence-electron chi connectivity index (χ4n) is 2.25. The molecule has 1 aliphatic rings. The van der Waals surface area contributed by atoms with E-state index in [0.29, 0.717) is 31.3 Å². The Morgan fingerprint density at radius 2 is 1.76 bits per heavy atom. The molecule has 1 aliphatic heterocycles. The van der Waals surface area contributed by atoms with E-state index >= 15 is 0 Å². The Kier molecular flexibility index (Phi) is 5.79. The number of benzene rings is 2. The number of fused-ring (bicyclic) bond motifs is 1. The second kappa shape index (κ2) is 8.43. The number of carbonyl (C=O) groups is 2. The van der Waals surface area contributed by atoms with Gasteiger partial charge in [0.1, 0.15) is 13.2 Å². The Labute approximate surface area is 149 Å². The lowest BCUT2D eigenvalue weighted by molar-refractivity contribution is -0.117. The zero-order valence-electron chi connectivity index (χ0n) is 13.5. The van der Waals surface area contributed by atoms with Crippen LogP contribution in [0.1, 0.15) is 5.56 Å². The van der Waals surface area contributed by atoms with Crippen LogP contribution in [-0.2, 0) is 11.3 Å². The van der Waals surface area contributed by atoms with Crippen LogP contribution < -0.4 is 20.1 Å². The Morgan fingerprint density at radius 3 is 2.56 bits per heavy atom. The number of ether oxygens (including phenoxy) is 2. The largest absolute Gasteiger partial charge is 0.486 e. The van der Waals surface area contributed by atoms with E-state index in [9.17, 15) is 9.59 Å². The monoisotopic (exact) mass is 358 g/mol. The van der Waals surface area contributed by atoms with Crippen molar-refractivity contribution in [1.82, 2.24) is 10.6 Å². The van der Waals surface area contributed by atoms with Gasteiger partial charge < -0.3 is 14.8 Å². The molecule has 130 valence electrons. The first-order valence-corrected chi connectivity index (χ1v) is 8.83. The molecule has 0 bridgehead atoms. The molecule has 0 unspecified atom stereocenters. The molecule has 25 heavy (non-hydrogen) atoms. The number of hydrogen-bond donors (Lipinski definition) is 2. The first-order valence-electron chi connectivity index (χ1n) is 7.85. The van der Waals surface area contributed by atoms with E-state index in [1.54, 1.807) is 0 Å². The molecular weight excluding hydrogens is 340 g/mol. The molecule has 6 nitrogen and oxygen atoms in total. The standard InChI is InChI=1S/C18H18N2O4S/c21-17(20-18(22)19-11-13-4-2-1-3-5-13)12-25-14-6-7-15-16(10-14)24-9-8-23-15/h1-7,10H,8-9,11-12H2,(H2,19,20,21,22). The number of urea groups is 1. The molecule has 3 rings (SSSR count). The Morgan fingerprint density at radius 1 is 1.00 bits per heavy atom. The van der Waals surface area contributed by atoms with Gasteiger partial charge in [0.25, 0.3) is 0 Å². The molecule has 2 N–H and O–H groups in total. The summed E-state index contributed by atoms with van der Waals surface area (Å²) < 4.78 is 11.0. The maximum atomic E-state index is 11.9. The normalized spacial score (nSPS) is 12.3. The van der Waals surface area contributed by atoms with Crippen molar-refractivity contribution in [2.45, 2.75) is 11.4 Å². The lowest BCUT2D eigenvalue weighted by Crippen LogP contribution is -2.39. The Bertz CT molecular complexity index is 752. The second-order valence-corrected chi connectivity index (χ2v) is 6.36. The zero-order chi connectivity index (χ0) is 17.5. The molecule has 0 saturated carbocycles. The van der Waals surface area contributed by atoms with Crippen LogP contribution >= 0.6 is 11.8 Å². The molecular formula is C18H18N2O4S. The second-order valence-electron chi connectivity index (χ2n) is 5.31. The summed E-state index contributed by atoms with van der Waals surface area (Å²) in [5.74, 6) is 1.17. The summed E-state index contributed by atoms with van der Waals surface area (Å²) in [6, 6.07) is 14.5. The van der Waals surface area contributed by atoms with Crippen LogP contribution in [0.15, 0.2) is 53.4 Å². The smallest absolute Gasteiger partial charge is 0.321 e. The van der Waals surface area contributed by atoms with Crippen molar-refractivity contribution in [1.29, 1.82) is 0 Å². The molecule has 2 aromatic rings.